The third-order valence-corrected chi connectivity index (χ3v) is 6.68. The van der Waals surface area contributed by atoms with Crippen LogP contribution in [0.5, 0.6) is 0 Å². The second-order valence-electron chi connectivity index (χ2n) is 8.44. The molecule has 0 aromatic carbocycles. The molecule has 1 aromatic heterocycles. The minimum atomic E-state index is 0.246. The number of aryl methyl sites for hydroxylation is 1. The third kappa shape index (κ3) is 2.81. The van der Waals surface area contributed by atoms with Gasteiger partial charge in [0.2, 0.25) is 5.91 Å². The maximum absolute atomic E-state index is 12.6. The molecule has 0 atom stereocenters. The first-order valence-electron chi connectivity index (χ1n) is 9.35. The van der Waals surface area contributed by atoms with Crippen LogP contribution in [0.1, 0.15) is 63.1 Å². The van der Waals surface area contributed by atoms with Crippen LogP contribution in [0.4, 0.5) is 0 Å². The summed E-state index contributed by atoms with van der Waals surface area (Å²) >= 11 is 0. The molecule has 5 rings (SSSR count). The van der Waals surface area contributed by atoms with E-state index in [9.17, 15) is 4.79 Å². The number of aromatic nitrogens is 2. The zero-order valence-electron chi connectivity index (χ0n) is 14.5. The molecule has 4 nitrogen and oxygen atoms in total. The first-order chi connectivity index (χ1) is 11.1. The van der Waals surface area contributed by atoms with E-state index in [4.69, 9.17) is 0 Å². The molecule has 4 bridgehead atoms. The highest BCUT2D eigenvalue weighted by Crippen LogP contribution is 2.61. The zero-order chi connectivity index (χ0) is 16.0. The predicted octanol–water partition coefficient (Wildman–Crippen LogP) is 3.43. The molecule has 4 saturated carbocycles. The number of nitrogens with one attached hydrogen (secondary N) is 1. The summed E-state index contributed by atoms with van der Waals surface area (Å²) in [5, 5.41) is 7.52. The molecule has 1 aromatic rings. The molecule has 4 aliphatic rings. The van der Waals surface area contributed by atoms with Crippen LogP contribution in [0, 0.1) is 30.1 Å². The summed E-state index contributed by atoms with van der Waals surface area (Å²) in [6.07, 6.45) is 10.9. The van der Waals surface area contributed by atoms with Gasteiger partial charge in [-0.15, -0.1) is 0 Å². The molecule has 0 aliphatic heterocycles. The molecule has 0 saturated heterocycles. The van der Waals surface area contributed by atoms with E-state index < -0.39 is 0 Å². The fourth-order valence-corrected chi connectivity index (χ4v) is 6.08. The van der Waals surface area contributed by atoms with Crippen LogP contribution in [-0.4, -0.2) is 15.7 Å². The Labute approximate surface area is 139 Å². The van der Waals surface area contributed by atoms with Gasteiger partial charge in [-0.3, -0.25) is 9.48 Å². The maximum atomic E-state index is 12.6. The molecule has 4 aliphatic carbocycles. The largest absolute Gasteiger partial charge is 0.352 e. The third-order valence-electron chi connectivity index (χ3n) is 6.68. The Hall–Kier alpha value is -1.32. The second-order valence-corrected chi connectivity index (χ2v) is 8.44. The lowest BCUT2D eigenvalue weighted by atomic mass is 9.49. The average Bonchev–Trinajstić information content (AvgIpc) is 2.83. The first kappa shape index (κ1) is 15.2. The molecular weight excluding hydrogens is 286 g/mol. The van der Waals surface area contributed by atoms with Gasteiger partial charge in [-0.05, 0) is 75.5 Å². The van der Waals surface area contributed by atoms with Crippen LogP contribution in [-0.2, 0) is 17.9 Å². The molecule has 1 N–H and O–H groups in total. The summed E-state index contributed by atoms with van der Waals surface area (Å²) in [6, 6.07) is 0. The summed E-state index contributed by atoms with van der Waals surface area (Å²) in [5.41, 5.74) is 2.65. The van der Waals surface area contributed by atoms with Gasteiger partial charge >= 0.3 is 0 Å². The Morgan fingerprint density at radius 2 is 1.87 bits per heavy atom. The van der Waals surface area contributed by atoms with E-state index in [0.717, 1.165) is 36.3 Å². The smallest absolute Gasteiger partial charge is 0.220 e. The van der Waals surface area contributed by atoms with E-state index in [1.807, 2.05) is 10.9 Å². The molecule has 4 fully saturated rings. The van der Waals surface area contributed by atoms with Crippen molar-refractivity contribution in [2.75, 3.05) is 0 Å². The van der Waals surface area contributed by atoms with Crippen molar-refractivity contribution in [3.63, 3.8) is 0 Å². The van der Waals surface area contributed by atoms with Gasteiger partial charge in [0.25, 0.3) is 0 Å². The fourth-order valence-electron chi connectivity index (χ4n) is 6.08. The molecule has 23 heavy (non-hydrogen) atoms. The van der Waals surface area contributed by atoms with Gasteiger partial charge in [0.1, 0.15) is 0 Å². The van der Waals surface area contributed by atoms with E-state index in [1.54, 1.807) is 0 Å². The monoisotopic (exact) mass is 315 g/mol. The van der Waals surface area contributed by atoms with Crippen LogP contribution in [0.3, 0.4) is 0 Å². The number of hydrogen-bond donors (Lipinski definition) is 1. The minimum Gasteiger partial charge on any atom is -0.352 e. The number of carbonyl (C=O) groups is 1. The molecular formula is C19H29N3O. The normalized spacial score (nSPS) is 34.8. The Morgan fingerprint density at radius 3 is 2.39 bits per heavy atom. The number of hydrogen-bond acceptors (Lipinski definition) is 2. The van der Waals surface area contributed by atoms with Crippen LogP contribution < -0.4 is 5.32 Å². The van der Waals surface area contributed by atoms with Gasteiger partial charge in [0.15, 0.2) is 0 Å². The number of amides is 1. The predicted molar refractivity (Wildman–Crippen MR) is 89.7 cm³/mol. The average molecular weight is 315 g/mol. The van der Waals surface area contributed by atoms with Crippen molar-refractivity contribution >= 4 is 5.91 Å². The SMILES string of the molecule is CCn1ncc(CNC(=O)CC23CC4CC(CC(C4)C2)C3)c1C. The molecule has 126 valence electrons. The Bertz CT molecular complexity index is 568. The standard InChI is InChI=1S/C19H29N3O/c1-3-22-13(2)17(12-21-22)11-20-18(23)10-19-7-14-4-15(8-19)6-16(5-14)9-19/h12,14-16H,3-11H2,1-2H3,(H,20,23). The molecule has 1 heterocycles. The number of carbonyl (C=O) groups excluding carboxylic acids is 1. The lowest BCUT2D eigenvalue weighted by Crippen LogP contribution is -2.47. The summed E-state index contributed by atoms with van der Waals surface area (Å²) in [5.74, 6) is 2.99. The highest BCUT2D eigenvalue weighted by Gasteiger charge is 2.51. The zero-order valence-corrected chi connectivity index (χ0v) is 14.5. The van der Waals surface area contributed by atoms with E-state index in [-0.39, 0.29) is 5.91 Å². The van der Waals surface area contributed by atoms with Crippen molar-refractivity contribution in [3.05, 3.63) is 17.5 Å². The summed E-state index contributed by atoms with van der Waals surface area (Å²) < 4.78 is 1.99. The van der Waals surface area contributed by atoms with E-state index >= 15 is 0 Å². The Kier molecular flexibility index (Phi) is 3.73. The van der Waals surface area contributed by atoms with Crippen LogP contribution in [0.25, 0.3) is 0 Å². The van der Waals surface area contributed by atoms with Gasteiger partial charge in [-0.25, -0.2) is 0 Å². The highest BCUT2D eigenvalue weighted by molar-refractivity contribution is 5.76. The lowest BCUT2D eigenvalue weighted by Gasteiger charge is -2.56. The summed E-state index contributed by atoms with van der Waals surface area (Å²) in [4.78, 5) is 12.6. The molecule has 0 radical (unpaired) electrons. The number of rotatable bonds is 5. The fraction of sp³-hybridized carbons (Fsp3) is 0.789. The molecule has 0 spiro atoms. The van der Waals surface area contributed by atoms with Crippen molar-refractivity contribution in [1.29, 1.82) is 0 Å². The van der Waals surface area contributed by atoms with Gasteiger partial charge < -0.3 is 5.32 Å². The quantitative estimate of drug-likeness (QED) is 0.905. The van der Waals surface area contributed by atoms with Gasteiger partial charge in [0.05, 0.1) is 6.20 Å². The Morgan fingerprint density at radius 1 is 1.26 bits per heavy atom. The van der Waals surface area contributed by atoms with Gasteiger partial charge in [0, 0.05) is 30.8 Å². The molecule has 0 unspecified atom stereocenters. The van der Waals surface area contributed by atoms with Crippen molar-refractivity contribution in [3.8, 4) is 0 Å². The molecule has 4 heteroatoms. The van der Waals surface area contributed by atoms with E-state index in [2.05, 4.69) is 24.3 Å². The van der Waals surface area contributed by atoms with E-state index in [1.165, 1.54) is 44.2 Å². The summed E-state index contributed by atoms with van der Waals surface area (Å²) in [6.45, 7) is 5.68. The van der Waals surface area contributed by atoms with Crippen molar-refractivity contribution in [2.45, 2.75) is 71.9 Å². The Balaban J connectivity index is 1.36. The lowest BCUT2D eigenvalue weighted by molar-refractivity contribution is -0.129. The second kappa shape index (κ2) is 5.64. The first-order valence-corrected chi connectivity index (χ1v) is 9.35. The van der Waals surface area contributed by atoms with Crippen LogP contribution >= 0.6 is 0 Å². The topological polar surface area (TPSA) is 46.9 Å². The van der Waals surface area contributed by atoms with Crippen molar-refractivity contribution in [1.82, 2.24) is 15.1 Å². The van der Waals surface area contributed by atoms with Crippen molar-refractivity contribution < 1.29 is 4.79 Å². The van der Waals surface area contributed by atoms with Crippen LogP contribution in [0.15, 0.2) is 6.20 Å². The van der Waals surface area contributed by atoms with Crippen molar-refractivity contribution in [2.24, 2.45) is 23.2 Å². The van der Waals surface area contributed by atoms with E-state index in [0.29, 0.717) is 12.0 Å². The maximum Gasteiger partial charge on any atom is 0.220 e. The summed E-state index contributed by atoms with van der Waals surface area (Å²) in [7, 11) is 0. The number of nitrogens with zero attached hydrogens (tertiary/aromatic N) is 2. The molecule has 1 amide bonds. The highest BCUT2D eigenvalue weighted by atomic mass is 16.1. The van der Waals surface area contributed by atoms with Gasteiger partial charge in [-0.2, -0.15) is 5.10 Å². The minimum absolute atomic E-state index is 0.246. The van der Waals surface area contributed by atoms with Gasteiger partial charge in [-0.1, -0.05) is 0 Å². The van der Waals surface area contributed by atoms with Crippen LogP contribution in [0.2, 0.25) is 0 Å².